The van der Waals surface area contributed by atoms with Gasteiger partial charge in [-0.3, -0.25) is 0 Å². The van der Waals surface area contributed by atoms with Gasteiger partial charge in [-0.25, -0.2) is 0 Å². The summed E-state index contributed by atoms with van der Waals surface area (Å²) in [6.45, 7) is 7.42. The maximum atomic E-state index is 5.82. The second kappa shape index (κ2) is 4.38. The maximum absolute atomic E-state index is 5.82. The minimum atomic E-state index is -0.185. The van der Waals surface area contributed by atoms with Gasteiger partial charge in [-0.1, -0.05) is 18.2 Å². The first-order valence-electron chi connectivity index (χ1n) is 4.38. The molecule has 0 bridgehead atoms. The molecule has 0 fully saturated rings. The van der Waals surface area contributed by atoms with Crippen LogP contribution in [0.3, 0.4) is 0 Å². The van der Waals surface area contributed by atoms with Gasteiger partial charge in [0.05, 0.1) is 0 Å². The zero-order chi connectivity index (χ0) is 10.7. The van der Waals surface area contributed by atoms with Gasteiger partial charge in [0.25, 0.3) is 0 Å². The molecule has 2 nitrogen and oxygen atoms in total. The van der Waals surface area contributed by atoms with Crippen LogP contribution in [0.15, 0.2) is 30.5 Å². The number of benzene rings is 1. The van der Waals surface area contributed by atoms with E-state index in [1.807, 2.05) is 26.0 Å². The molecule has 0 amide bonds. The minimum Gasteiger partial charge on any atom is -0.484 e. The zero-order valence-corrected chi connectivity index (χ0v) is 9.14. The van der Waals surface area contributed by atoms with Crippen LogP contribution in [0.2, 0.25) is 5.02 Å². The van der Waals surface area contributed by atoms with E-state index in [-0.39, 0.29) is 6.10 Å². The standard InChI is InChI=1S/C11H14ClNO/c1-7-6-10(12)4-5-11(7)14-9(3)8(2)13/h4-6,9H,2,13H2,1,3H3. The highest BCUT2D eigenvalue weighted by molar-refractivity contribution is 6.30. The second-order valence-electron chi connectivity index (χ2n) is 3.24. The van der Waals surface area contributed by atoms with Crippen LogP contribution in [0.5, 0.6) is 5.75 Å². The van der Waals surface area contributed by atoms with E-state index in [0.29, 0.717) is 10.7 Å². The Morgan fingerprint density at radius 2 is 2.21 bits per heavy atom. The van der Waals surface area contributed by atoms with Crippen LogP contribution >= 0.6 is 11.6 Å². The molecule has 3 heteroatoms. The molecular formula is C11H14ClNO. The largest absolute Gasteiger partial charge is 0.484 e. The van der Waals surface area contributed by atoms with Crippen LogP contribution in [-0.4, -0.2) is 6.10 Å². The summed E-state index contributed by atoms with van der Waals surface area (Å²) >= 11 is 5.82. The molecule has 2 N–H and O–H groups in total. The third kappa shape index (κ3) is 2.67. The fourth-order valence-electron chi connectivity index (χ4n) is 1.01. The molecule has 76 valence electrons. The Kier molecular flexibility index (Phi) is 3.42. The molecule has 0 radical (unpaired) electrons. The van der Waals surface area contributed by atoms with Gasteiger partial charge in [-0.05, 0) is 37.6 Å². The average Bonchev–Trinajstić information content (AvgIpc) is 2.09. The second-order valence-corrected chi connectivity index (χ2v) is 3.68. The zero-order valence-electron chi connectivity index (χ0n) is 8.38. The van der Waals surface area contributed by atoms with Crippen molar-refractivity contribution in [3.8, 4) is 5.75 Å². The van der Waals surface area contributed by atoms with Gasteiger partial charge < -0.3 is 10.5 Å². The molecule has 1 rings (SSSR count). The molecule has 0 heterocycles. The molecule has 0 aliphatic rings. The average molecular weight is 212 g/mol. The lowest BCUT2D eigenvalue weighted by Crippen LogP contribution is -2.20. The fourth-order valence-corrected chi connectivity index (χ4v) is 1.24. The first-order valence-corrected chi connectivity index (χ1v) is 4.75. The van der Waals surface area contributed by atoms with E-state index in [2.05, 4.69) is 6.58 Å². The molecule has 14 heavy (non-hydrogen) atoms. The van der Waals surface area contributed by atoms with Gasteiger partial charge in [0.15, 0.2) is 0 Å². The predicted octanol–water partition coefficient (Wildman–Crippen LogP) is 2.89. The topological polar surface area (TPSA) is 35.2 Å². The number of aryl methyl sites for hydroxylation is 1. The van der Waals surface area contributed by atoms with E-state index in [9.17, 15) is 0 Å². The van der Waals surface area contributed by atoms with Gasteiger partial charge in [-0.2, -0.15) is 0 Å². The normalized spacial score (nSPS) is 12.2. The molecule has 1 unspecified atom stereocenters. The van der Waals surface area contributed by atoms with Crippen LogP contribution in [0.1, 0.15) is 12.5 Å². The number of halogens is 1. The highest BCUT2D eigenvalue weighted by Crippen LogP contribution is 2.23. The highest BCUT2D eigenvalue weighted by Gasteiger charge is 2.07. The summed E-state index contributed by atoms with van der Waals surface area (Å²) in [4.78, 5) is 0. The number of ether oxygens (including phenoxy) is 1. The van der Waals surface area contributed by atoms with Crippen LogP contribution in [0, 0.1) is 6.92 Å². The molecule has 1 aromatic rings. The lowest BCUT2D eigenvalue weighted by molar-refractivity contribution is 0.254. The molecule has 0 saturated heterocycles. The summed E-state index contributed by atoms with van der Waals surface area (Å²) < 4.78 is 5.58. The van der Waals surface area contributed by atoms with Crippen LogP contribution in [-0.2, 0) is 0 Å². The molecule has 0 aliphatic carbocycles. The van der Waals surface area contributed by atoms with Crippen molar-refractivity contribution in [1.82, 2.24) is 0 Å². The van der Waals surface area contributed by atoms with E-state index in [1.165, 1.54) is 0 Å². The minimum absolute atomic E-state index is 0.185. The van der Waals surface area contributed by atoms with Crippen molar-refractivity contribution in [3.05, 3.63) is 41.1 Å². The quantitative estimate of drug-likeness (QED) is 0.835. The highest BCUT2D eigenvalue weighted by atomic mass is 35.5. The van der Waals surface area contributed by atoms with Gasteiger partial charge in [0, 0.05) is 10.7 Å². The van der Waals surface area contributed by atoms with Gasteiger partial charge in [0.1, 0.15) is 11.9 Å². The summed E-state index contributed by atoms with van der Waals surface area (Å²) in [6, 6.07) is 5.47. The summed E-state index contributed by atoms with van der Waals surface area (Å²) in [7, 11) is 0. The third-order valence-corrected chi connectivity index (χ3v) is 2.20. The van der Waals surface area contributed by atoms with E-state index in [1.54, 1.807) is 6.07 Å². The molecule has 0 spiro atoms. The lowest BCUT2D eigenvalue weighted by atomic mass is 10.2. The van der Waals surface area contributed by atoms with Gasteiger partial charge in [-0.15, -0.1) is 0 Å². The Morgan fingerprint density at radius 3 is 2.71 bits per heavy atom. The van der Waals surface area contributed by atoms with Gasteiger partial charge in [0.2, 0.25) is 0 Å². The Balaban J connectivity index is 2.82. The molecule has 0 aromatic heterocycles. The van der Waals surface area contributed by atoms with Crippen molar-refractivity contribution in [2.45, 2.75) is 20.0 Å². The number of hydrogen-bond acceptors (Lipinski definition) is 2. The van der Waals surface area contributed by atoms with Crippen LogP contribution < -0.4 is 10.5 Å². The summed E-state index contributed by atoms with van der Waals surface area (Å²) in [6.07, 6.45) is -0.185. The number of nitrogens with two attached hydrogens (primary N) is 1. The summed E-state index contributed by atoms with van der Waals surface area (Å²) in [5.74, 6) is 0.786. The Labute approximate surface area is 89.3 Å². The van der Waals surface area contributed by atoms with Crippen molar-refractivity contribution in [3.63, 3.8) is 0 Å². The number of rotatable bonds is 3. The summed E-state index contributed by atoms with van der Waals surface area (Å²) in [5, 5.41) is 0.703. The van der Waals surface area contributed by atoms with Crippen molar-refractivity contribution >= 4 is 11.6 Å². The molecule has 1 aromatic carbocycles. The number of hydrogen-bond donors (Lipinski definition) is 1. The molecule has 1 atom stereocenters. The predicted molar refractivity (Wildman–Crippen MR) is 59.6 cm³/mol. The van der Waals surface area contributed by atoms with E-state index in [4.69, 9.17) is 22.1 Å². The molecular weight excluding hydrogens is 198 g/mol. The Morgan fingerprint density at radius 1 is 1.57 bits per heavy atom. The van der Waals surface area contributed by atoms with Gasteiger partial charge >= 0.3 is 0 Å². The van der Waals surface area contributed by atoms with Crippen molar-refractivity contribution < 1.29 is 4.74 Å². The van der Waals surface area contributed by atoms with Crippen molar-refractivity contribution in [1.29, 1.82) is 0 Å². The monoisotopic (exact) mass is 211 g/mol. The Hall–Kier alpha value is -1.15. The lowest BCUT2D eigenvalue weighted by Gasteiger charge is -2.15. The Bertz CT molecular complexity index is 349. The van der Waals surface area contributed by atoms with E-state index < -0.39 is 0 Å². The van der Waals surface area contributed by atoms with Crippen molar-refractivity contribution in [2.24, 2.45) is 5.73 Å². The molecule has 0 aliphatic heterocycles. The van der Waals surface area contributed by atoms with Crippen molar-refractivity contribution in [2.75, 3.05) is 0 Å². The van der Waals surface area contributed by atoms with E-state index in [0.717, 1.165) is 11.3 Å². The SMILES string of the molecule is C=C(N)C(C)Oc1ccc(Cl)cc1C. The third-order valence-electron chi connectivity index (χ3n) is 1.96. The molecule has 0 saturated carbocycles. The first kappa shape index (κ1) is 10.9. The smallest absolute Gasteiger partial charge is 0.134 e. The fraction of sp³-hybridized carbons (Fsp3) is 0.273. The first-order chi connectivity index (χ1) is 6.50. The summed E-state index contributed by atoms with van der Waals surface area (Å²) in [5.41, 5.74) is 7.02. The maximum Gasteiger partial charge on any atom is 0.134 e. The van der Waals surface area contributed by atoms with Crippen LogP contribution in [0.4, 0.5) is 0 Å². The van der Waals surface area contributed by atoms with Crippen LogP contribution in [0.25, 0.3) is 0 Å². The van der Waals surface area contributed by atoms with E-state index >= 15 is 0 Å².